The molecule has 0 radical (unpaired) electrons. The van der Waals surface area contributed by atoms with Crippen molar-refractivity contribution in [2.45, 2.75) is 6.42 Å². The Hall–Kier alpha value is -3.97. The van der Waals surface area contributed by atoms with Gasteiger partial charge in [-0.2, -0.15) is 0 Å². The second-order valence-corrected chi connectivity index (χ2v) is 8.28. The maximum absolute atomic E-state index is 12.9. The quantitative estimate of drug-likeness (QED) is 0.459. The number of H-pyrrole nitrogens is 1. The molecule has 1 saturated heterocycles. The number of fused-ring (bicyclic) bond motifs is 2. The molecule has 1 aliphatic heterocycles. The summed E-state index contributed by atoms with van der Waals surface area (Å²) in [5.41, 5.74) is 3.26. The Balaban J connectivity index is 1.43. The third kappa shape index (κ3) is 3.66. The molecule has 33 heavy (non-hydrogen) atoms. The molecule has 0 spiro atoms. The van der Waals surface area contributed by atoms with Gasteiger partial charge in [0.2, 0.25) is 0 Å². The van der Waals surface area contributed by atoms with Gasteiger partial charge in [0.15, 0.2) is 5.43 Å². The van der Waals surface area contributed by atoms with Crippen LogP contribution < -0.4 is 10.3 Å². The van der Waals surface area contributed by atoms with Crippen LogP contribution in [0.2, 0.25) is 0 Å². The topological polar surface area (TPSA) is 76.0 Å². The normalized spacial score (nSPS) is 14.6. The lowest BCUT2D eigenvalue weighted by molar-refractivity contribution is 0.152. The summed E-state index contributed by atoms with van der Waals surface area (Å²) in [6.45, 7) is 3.00. The molecule has 5 aromatic rings. The van der Waals surface area contributed by atoms with Crippen LogP contribution in [0.4, 0.5) is 5.82 Å². The highest BCUT2D eigenvalue weighted by atomic mass is 16.5. The Kier molecular flexibility index (Phi) is 4.88. The zero-order valence-corrected chi connectivity index (χ0v) is 18.1. The molecule has 0 bridgehead atoms. The van der Waals surface area contributed by atoms with E-state index in [9.17, 15) is 4.79 Å². The molecule has 1 fully saturated rings. The van der Waals surface area contributed by atoms with Crippen molar-refractivity contribution in [1.82, 2.24) is 20.0 Å². The summed E-state index contributed by atoms with van der Waals surface area (Å²) < 4.78 is 7.35. The van der Waals surface area contributed by atoms with Crippen molar-refractivity contribution < 1.29 is 4.74 Å². The van der Waals surface area contributed by atoms with Crippen molar-refractivity contribution in [2.75, 3.05) is 31.2 Å². The molecular weight excluding hydrogens is 414 g/mol. The van der Waals surface area contributed by atoms with Crippen molar-refractivity contribution in [3.05, 3.63) is 83.2 Å². The number of nitrogens with one attached hydrogen (secondary N) is 1. The number of pyridine rings is 1. The van der Waals surface area contributed by atoms with Crippen molar-refractivity contribution in [3.63, 3.8) is 0 Å². The van der Waals surface area contributed by atoms with E-state index in [1.54, 1.807) is 10.7 Å². The fourth-order valence-corrected chi connectivity index (χ4v) is 4.46. The summed E-state index contributed by atoms with van der Waals surface area (Å²) in [6, 6.07) is 21.8. The summed E-state index contributed by atoms with van der Waals surface area (Å²) in [5.74, 6) is 0.812. The monoisotopic (exact) mass is 437 g/mol. The highest BCUT2D eigenvalue weighted by molar-refractivity contribution is 5.93. The minimum atomic E-state index is -0.00677. The number of hydrogen-bond acceptors (Lipinski definition) is 5. The van der Waals surface area contributed by atoms with Crippen LogP contribution in [-0.2, 0) is 4.74 Å². The number of nitrogens with zero attached hydrogens (tertiary/aromatic N) is 4. The fourth-order valence-electron chi connectivity index (χ4n) is 4.46. The van der Waals surface area contributed by atoms with E-state index in [2.05, 4.69) is 44.5 Å². The van der Waals surface area contributed by atoms with Crippen molar-refractivity contribution >= 4 is 27.5 Å². The summed E-state index contributed by atoms with van der Waals surface area (Å²) >= 11 is 0. The molecular formula is C26H23N5O2. The number of rotatable bonds is 3. The van der Waals surface area contributed by atoms with Crippen LogP contribution >= 0.6 is 0 Å². The first-order valence-electron chi connectivity index (χ1n) is 11.2. The average Bonchev–Trinajstić information content (AvgIpc) is 3.18. The van der Waals surface area contributed by atoms with Gasteiger partial charge >= 0.3 is 0 Å². The number of ether oxygens (including phenoxy) is 1. The molecule has 7 heteroatoms. The van der Waals surface area contributed by atoms with E-state index in [1.165, 1.54) is 5.39 Å². The Morgan fingerprint density at radius 1 is 0.909 bits per heavy atom. The van der Waals surface area contributed by atoms with Crippen LogP contribution in [-0.4, -0.2) is 46.3 Å². The summed E-state index contributed by atoms with van der Waals surface area (Å²) in [5, 5.41) is 11.8. The molecule has 7 nitrogen and oxygen atoms in total. The first kappa shape index (κ1) is 19.7. The smallest absolute Gasteiger partial charge is 0.191 e. The molecule has 0 saturated carbocycles. The lowest BCUT2D eigenvalue weighted by Crippen LogP contribution is -2.28. The first-order chi connectivity index (χ1) is 16.3. The van der Waals surface area contributed by atoms with Gasteiger partial charge in [0.25, 0.3) is 0 Å². The summed E-state index contributed by atoms with van der Waals surface area (Å²) in [4.78, 5) is 18.6. The number of hydrogen-bond donors (Lipinski definition) is 1. The number of anilines is 1. The Bertz CT molecular complexity index is 1510. The van der Waals surface area contributed by atoms with Crippen LogP contribution in [0.1, 0.15) is 6.42 Å². The zero-order valence-electron chi connectivity index (χ0n) is 18.1. The van der Waals surface area contributed by atoms with Crippen LogP contribution in [0.25, 0.3) is 38.6 Å². The first-order valence-corrected chi connectivity index (χ1v) is 11.2. The van der Waals surface area contributed by atoms with Gasteiger partial charge in [-0.05, 0) is 35.4 Å². The van der Waals surface area contributed by atoms with E-state index in [4.69, 9.17) is 4.74 Å². The van der Waals surface area contributed by atoms with E-state index in [0.717, 1.165) is 54.1 Å². The molecule has 2 aromatic heterocycles. The minimum Gasteiger partial charge on any atom is -0.380 e. The van der Waals surface area contributed by atoms with Gasteiger partial charge in [0.05, 0.1) is 24.0 Å². The molecule has 3 aromatic carbocycles. The van der Waals surface area contributed by atoms with Gasteiger partial charge in [0, 0.05) is 36.7 Å². The SMILES string of the molecule is O=c1cc(N2CCCOCC2)[nH]c2c(-c3cn(-c4ccc5ccccc5c4)nn3)cccc12. The van der Waals surface area contributed by atoms with Gasteiger partial charge in [-0.1, -0.05) is 47.7 Å². The predicted molar refractivity (Wildman–Crippen MR) is 130 cm³/mol. The second-order valence-electron chi connectivity index (χ2n) is 8.28. The molecule has 6 rings (SSSR count). The van der Waals surface area contributed by atoms with Crippen molar-refractivity contribution in [1.29, 1.82) is 0 Å². The Morgan fingerprint density at radius 3 is 2.76 bits per heavy atom. The van der Waals surface area contributed by atoms with Gasteiger partial charge in [-0.15, -0.1) is 5.10 Å². The van der Waals surface area contributed by atoms with Gasteiger partial charge in [0.1, 0.15) is 11.5 Å². The van der Waals surface area contributed by atoms with E-state index in [1.807, 2.05) is 42.6 Å². The lowest BCUT2D eigenvalue weighted by Gasteiger charge is -2.22. The highest BCUT2D eigenvalue weighted by Gasteiger charge is 2.16. The molecule has 0 unspecified atom stereocenters. The predicted octanol–water partition coefficient (Wildman–Crippen LogP) is 4.16. The van der Waals surface area contributed by atoms with E-state index in [-0.39, 0.29) is 5.43 Å². The average molecular weight is 438 g/mol. The van der Waals surface area contributed by atoms with Gasteiger partial charge < -0.3 is 14.6 Å². The molecule has 1 aliphatic rings. The standard InChI is InChI=1S/C26H23N5O2/c32-24-16-25(30-11-4-13-33-14-12-30)27-26-21(7-3-8-22(24)26)23-17-31(29-28-23)20-10-9-18-5-1-2-6-19(18)15-20/h1-3,5-10,15-17H,4,11-14H2,(H,27,32). The second kappa shape index (κ2) is 8.18. The van der Waals surface area contributed by atoms with Crippen LogP contribution in [0.15, 0.2) is 77.7 Å². The third-order valence-corrected chi connectivity index (χ3v) is 6.18. The summed E-state index contributed by atoms with van der Waals surface area (Å²) in [6.07, 6.45) is 2.84. The molecule has 0 amide bonds. The van der Waals surface area contributed by atoms with Crippen LogP contribution in [0, 0.1) is 0 Å². The molecule has 0 aliphatic carbocycles. The Labute approximate surface area is 190 Å². The molecule has 1 N–H and O–H groups in total. The number of para-hydroxylation sites is 1. The van der Waals surface area contributed by atoms with Crippen LogP contribution in [0.5, 0.6) is 0 Å². The van der Waals surface area contributed by atoms with Crippen molar-refractivity contribution in [3.8, 4) is 16.9 Å². The van der Waals surface area contributed by atoms with E-state index in [0.29, 0.717) is 17.7 Å². The van der Waals surface area contributed by atoms with Gasteiger partial charge in [-0.3, -0.25) is 4.79 Å². The highest BCUT2D eigenvalue weighted by Crippen LogP contribution is 2.27. The summed E-state index contributed by atoms with van der Waals surface area (Å²) in [7, 11) is 0. The Morgan fingerprint density at radius 2 is 1.82 bits per heavy atom. The maximum atomic E-state index is 12.9. The van der Waals surface area contributed by atoms with Crippen LogP contribution in [0.3, 0.4) is 0 Å². The molecule has 164 valence electrons. The molecule has 0 atom stereocenters. The van der Waals surface area contributed by atoms with E-state index >= 15 is 0 Å². The van der Waals surface area contributed by atoms with E-state index < -0.39 is 0 Å². The number of aromatic nitrogens is 4. The maximum Gasteiger partial charge on any atom is 0.191 e. The number of aromatic amines is 1. The molecule has 3 heterocycles. The number of benzene rings is 3. The van der Waals surface area contributed by atoms with Crippen molar-refractivity contribution in [2.24, 2.45) is 0 Å². The lowest BCUT2D eigenvalue weighted by atomic mass is 10.1. The minimum absolute atomic E-state index is 0.00677. The van der Waals surface area contributed by atoms with Gasteiger partial charge in [-0.25, -0.2) is 4.68 Å². The fraction of sp³-hybridized carbons (Fsp3) is 0.192. The largest absolute Gasteiger partial charge is 0.380 e. The zero-order chi connectivity index (χ0) is 22.2. The third-order valence-electron chi connectivity index (χ3n) is 6.18.